The average Bonchev–Trinajstić information content (AvgIpc) is 3.93. The van der Waals surface area contributed by atoms with E-state index in [0.717, 1.165) is 0 Å². The highest BCUT2D eigenvalue weighted by molar-refractivity contribution is 7.26. The van der Waals surface area contributed by atoms with Gasteiger partial charge in [0.15, 0.2) is 0 Å². The number of thiophene rings is 3. The third kappa shape index (κ3) is 22.2. The van der Waals surface area contributed by atoms with E-state index in [0.29, 0.717) is 0 Å². The molecule has 51 heavy (non-hydrogen) atoms. The second-order valence-electron chi connectivity index (χ2n) is 15.8. The van der Waals surface area contributed by atoms with Crippen LogP contribution >= 0.6 is 34.0 Å². The van der Waals surface area contributed by atoms with Crippen LogP contribution in [0.4, 0.5) is 0 Å². The fraction of sp³-hybridized carbons (Fsp3) is 0.750. The Labute approximate surface area is 330 Å². The quantitative estimate of drug-likeness (QED) is 0.0519. The van der Waals surface area contributed by atoms with Crippen LogP contribution < -0.4 is 0 Å². The van der Waals surface area contributed by atoms with Crippen molar-refractivity contribution in [3.8, 4) is 19.5 Å². The molecule has 0 saturated carbocycles. The predicted octanol–water partition coefficient (Wildman–Crippen LogP) is 18.8. The van der Waals surface area contributed by atoms with Gasteiger partial charge in [0.05, 0.1) is 0 Å². The number of hydrogen-bond acceptors (Lipinski definition) is 3. The summed E-state index contributed by atoms with van der Waals surface area (Å²) in [5, 5.41) is 0. The van der Waals surface area contributed by atoms with Crippen LogP contribution in [0.3, 0.4) is 0 Å². The maximum atomic E-state index is 2.39. The minimum atomic E-state index is 1.26. The Hall–Kier alpha value is -0.900. The minimum Gasteiger partial charge on any atom is -0.139 e. The van der Waals surface area contributed by atoms with E-state index >= 15 is 0 Å². The molecule has 0 unspecified atom stereocenters. The van der Waals surface area contributed by atoms with Gasteiger partial charge in [-0.05, 0) is 62.1 Å². The smallest absolute Gasteiger partial charge is 0.0449 e. The summed E-state index contributed by atoms with van der Waals surface area (Å²) in [6.45, 7) is 4.61. The topological polar surface area (TPSA) is 0 Å². The van der Waals surface area contributed by atoms with Gasteiger partial charge in [0, 0.05) is 29.3 Å². The zero-order valence-corrected chi connectivity index (χ0v) is 36.2. The van der Waals surface area contributed by atoms with Gasteiger partial charge in [-0.3, -0.25) is 0 Å². The van der Waals surface area contributed by atoms with Gasteiger partial charge in [-0.1, -0.05) is 206 Å². The van der Waals surface area contributed by atoms with E-state index in [2.05, 4.69) is 50.2 Å². The second kappa shape index (κ2) is 31.5. The molecule has 290 valence electrons. The summed E-state index contributed by atoms with van der Waals surface area (Å²) in [7, 11) is 0. The lowest BCUT2D eigenvalue weighted by Crippen LogP contribution is -1.84. The van der Waals surface area contributed by atoms with Crippen LogP contribution in [0, 0.1) is 0 Å². The largest absolute Gasteiger partial charge is 0.139 e. The molecular weight excluding hydrogens is 673 g/mol. The maximum absolute atomic E-state index is 2.39. The molecule has 0 nitrogen and oxygen atoms in total. The molecule has 0 fully saturated rings. The molecular formula is C48H80S3. The molecule has 0 aliphatic rings. The van der Waals surface area contributed by atoms with Crippen LogP contribution in [0.25, 0.3) is 19.5 Å². The third-order valence-corrected chi connectivity index (χ3v) is 14.7. The Morgan fingerprint density at radius 1 is 0.255 bits per heavy atom. The summed E-state index contributed by atoms with van der Waals surface area (Å²) in [5.74, 6) is 0. The van der Waals surface area contributed by atoms with E-state index in [1.54, 1.807) is 9.75 Å². The molecule has 0 aliphatic heterocycles. The van der Waals surface area contributed by atoms with E-state index < -0.39 is 0 Å². The molecule has 3 heterocycles. The molecule has 3 heteroatoms. The number of hydrogen-bond donors (Lipinski definition) is 0. The molecule has 0 atom stereocenters. The lowest BCUT2D eigenvalue weighted by Gasteiger charge is -2.03. The van der Waals surface area contributed by atoms with Gasteiger partial charge in [-0.15, -0.1) is 34.0 Å². The monoisotopic (exact) mass is 753 g/mol. The van der Waals surface area contributed by atoms with Crippen LogP contribution in [-0.2, 0) is 12.8 Å². The van der Waals surface area contributed by atoms with Crippen molar-refractivity contribution in [3.63, 3.8) is 0 Å². The Bertz CT molecular complexity index is 1080. The van der Waals surface area contributed by atoms with E-state index in [-0.39, 0.29) is 0 Å². The third-order valence-electron chi connectivity index (χ3n) is 11.0. The van der Waals surface area contributed by atoms with Crippen LogP contribution in [0.2, 0.25) is 0 Å². The van der Waals surface area contributed by atoms with Gasteiger partial charge in [-0.2, -0.15) is 0 Å². The highest BCUT2D eigenvalue weighted by Gasteiger charge is 2.10. The van der Waals surface area contributed by atoms with Gasteiger partial charge in [-0.25, -0.2) is 0 Å². The standard InChI is InChI=1S/C48H80S3/c1-3-5-7-9-11-13-15-17-19-21-23-25-27-29-31-33-35-43-37-39-45(49-43)47-41-42-48(51-47)46-40-38-44(50-46)36-34-32-30-28-26-24-22-20-18-16-14-12-10-8-6-4-2/h37-42H,3-36H2,1-2H3. The molecule has 0 aliphatic carbocycles. The Morgan fingerprint density at radius 2 is 0.471 bits per heavy atom. The zero-order valence-electron chi connectivity index (χ0n) is 33.7. The summed E-state index contributed by atoms with van der Waals surface area (Å²) >= 11 is 6.04. The van der Waals surface area contributed by atoms with Crippen molar-refractivity contribution in [1.29, 1.82) is 0 Å². The van der Waals surface area contributed by atoms with Gasteiger partial charge in [0.25, 0.3) is 0 Å². The number of rotatable bonds is 36. The van der Waals surface area contributed by atoms with Crippen molar-refractivity contribution in [1.82, 2.24) is 0 Å². The molecule has 0 aromatic carbocycles. The van der Waals surface area contributed by atoms with Gasteiger partial charge in [0.1, 0.15) is 0 Å². The van der Waals surface area contributed by atoms with Crippen LogP contribution in [0.15, 0.2) is 36.4 Å². The first-order valence-electron chi connectivity index (χ1n) is 22.6. The first kappa shape index (κ1) is 44.5. The minimum absolute atomic E-state index is 1.26. The summed E-state index contributed by atoms with van der Waals surface area (Å²) in [6.07, 6.45) is 48.6. The highest BCUT2D eigenvalue weighted by atomic mass is 32.1. The van der Waals surface area contributed by atoms with Gasteiger partial charge < -0.3 is 0 Å². The number of aryl methyl sites for hydroxylation is 2. The van der Waals surface area contributed by atoms with Crippen molar-refractivity contribution in [2.75, 3.05) is 0 Å². The van der Waals surface area contributed by atoms with E-state index in [4.69, 9.17) is 0 Å². The fourth-order valence-corrected chi connectivity index (χ4v) is 10.9. The zero-order chi connectivity index (χ0) is 35.9. The average molecular weight is 753 g/mol. The molecule has 0 bridgehead atoms. The molecule has 3 aromatic heterocycles. The summed E-state index contributed by atoms with van der Waals surface area (Å²) in [6, 6.07) is 14.3. The van der Waals surface area contributed by atoms with Crippen LogP contribution in [0.5, 0.6) is 0 Å². The fourth-order valence-electron chi connectivity index (χ4n) is 7.59. The molecule has 0 amide bonds. The second-order valence-corrected chi connectivity index (χ2v) is 19.2. The van der Waals surface area contributed by atoms with E-state index in [1.165, 1.54) is 238 Å². The molecule has 0 radical (unpaired) electrons. The van der Waals surface area contributed by atoms with Gasteiger partial charge in [0.2, 0.25) is 0 Å². The normalized spacial score (nSPS) is 11.6. The molecule has 3 aromatic rings. The Balaban J connectivity index is 1.15. The summed E-state index contributed by atoms with van der Waals surface area (Å²) < 4.78 is 0. The first-order chi connectivity index (χ1) is 25.3. The lowest BCUT2D eigenvalue weighted by molar-refractivity contribution is 0.529. The van der Waals surface area contributed by atoms with E-state index in [1.807, 2.05) is 34.0 Å². The molecule has 0 saturated heterocycles. The Morgan fingerprint density at radius 3 is 0.745 bits per heavy atom. The maximum Gasteiger partial charge on any atom is 0.0449 e. The van der Waals surface area contributed by atoms with Gasteiger partial charge >= 0.3 is 0 Å². The first-order valence-corrected chi connectivity index (χ1v) is 25.0. The van der Waals surface area contributed by atoms with Crippen molar-refractivity contribution in [2.45, 2.75) is 232 Å². The summed E-state index contributed by atoms with van der Waals surface area (Å²) in [5.41, 5.74) is 0. The summed E-state index contributed by atoms with van der Waals surface area (Å²) in [4.78, 5) is 8.96. The lowest BCUT2D eigenvalue weighted by atomic mass is 10.0. The van der Waals surface area contributed by atoms with Crippen molar-refractivity contribution >= 4 is 34.0 Å². The van der Waals surface area contributed by atoms with Crippen LogP contribution in [0.1, 0.15) is 229 Å². The molecule has 0 spiro atoms. The SMILES string of the molecule is CCCCCCCCCCCCCCCCCCc1ccc(-c2ccc(-c3ccc(CCCCCCCCCCCCCCCCCC)s3)s2)s1. The number of unbranched alkanes of at least 4 members (excludes halogenated alkanes) is 30. The van der Waals surface area contributed by atoms with Crippen molar-refractivity contribution in [2.24, 2.45) is 0 Å². The Kier molecular flexibility index (Phi) is 27.4. The van der Waals surface area contributed by atoms with Crippen molar-refractivity contribution < 1.29 is 0 Å². The molecule has 0 N–H and O–H groups in total. The molecule has 3 rings (SSSR count). The van der Waals surface area contributed by atoms with Crippen LogP contribution in [-0.4, -0.2) is 0 Å². The highest BCUT2D eigenvalue weighted by Crippen LogP contribution is 2.40. The predicted molar refractivity (Wildman–Crippen MR) is 237 cm³/mol. The van der Waals surface area contributed by atoms with E-state index in [9.17, 15) is 0 Å². The van der Waals surface area contributed by atoms with Crippen molar-refractivity contribution in [3.05, 3.63) is 46.2 Å².